The number of nitrogens with one attached hydrogen (secondary N) is 1. The third-order valence-electron chi connectivity index (χ3n) is 7.29. The number of aromatic nitrogens is 4. The molecule has 0 aromatic carbocycles. The number of aliphatic hydroxyl groups is 1. The highest BCUT2D eigenvalue weighted by molar-refractivity contribution is 5.82. The number of nitrogen functional groups attached to an aromatic ring is 1. The van der Waals surface area contributed by atoms with E-state index in [-0.39, 0.29) is 17.9 Å². The van der Waals surface area contributed by atoms with Crippen LogP contribution in [0.3, 0.4) is 0 Å². The first-order valence-electron chi connectivity index (χ1n) is 12.2. The number of ether oxygens (including phenoxy) is 1. The minimum absolute atomic E-state index is 0.0537. The van der Waals surface area contributed by atoms with Gasteiger partial charge < -0.3 is 36.1 Å². The number of nitrogens with zero attached hydrogens (tertiary/aromatic N) is 5. The number of anilines is 1. The highest BCUT2D eigenvalue weighted by Crippen LogP contribution is 2.44. The fourth-order valence-electron chi connectivity index (χ4n) is 5.30. The van der Waals surface area contributed by atoms with Gasteiger partial charge in [0.05, 0.1) is 36.2 Å². The van der Waals surface area contributed by atoms with Gasteiger partial charge in [-0.1, -0.05) is 0 Å². The molecule has 2 saturated heterocycles. The van der Waals surface area contributed by atoms with Crippen LogP contribution >= 0.6 is 0 Å². The smallest absolute Gasteiger partial charge is 0.239 e. The number of hydrogen-bond acceptors (Lipinski definition) is 9. The van der Waals surface area contributed by atoms with Crippen molar-refractivity contribution in [2.45, 2.75) is 75.7 Å². The van der Waals surface area contributed by atoms with Gasteiger partial charge in [0.15, 0.2) is 11.5 Å². The molecule has 2 aromatic rings. The zero-order chi connectivity index (χ0) is 25.2. The quantitative estimate of drug-likeness (QED) is 0.394. The van der Waals surface area contributed by atoms with Gasteiger partial charge in [0.2, 0.25) is 11.8 Å². The van der Waals surface area contributed by atoms with Crippen LogP contribution in [-0.2, 0) is 14.3 Å². The van der Waals surface area contributed by atoms with E-state index in [2.05, 4.69) is 20.3 Å². The summed E-state index contributed by atoms with van der Waals surface area (Å²) in [5.41, 5.74) is 11.6. The Bertz CT molecular complexity index is 1060. The van der Waals surface area contributed by atoms with Crippen molar-refractivity contribution < 1.29 is 19.4 Å². The number of carbonyl (C=O) groups is 2. The van der Waals surface area contributed by atoms with Gasteiger partial charge in [0, 0.05) is 33.0 Å². The van der Waals surface area contributed by atoms with E-state index in [1.54, 1.807) is 11.2 Å². The maximum Gasteiger partial charge on any atom is 0.239 e. The van der Waals surface area contributed by atoms with Crippen LogP contribution in [-0.4, -0.2) is 84.8 Å². The molecule has 1 spiro atoms. The van der Waals surface area contributed by atoms with Crippen molar-refractivity contribution >= 4 is 28.8 Å². The Labute approximate surface area is 204 Å². The summed E-state index contributed by atoms with van der Waals surface area (Å²) in [5.74, 6) is 0.187. The predicted octanol–water partition coefficient (Wildman–Crippen LogP) is 0.116. The third-order valence-corrected chi connectivity index (χ3v) is 7.29. The molecular weight excluding hydrogens is 452 g/mol. The first-order chi connectivity index (χ1) is 16.6. The van der Waals surface area contributed by atoms with E-state index >= 15 is 0 Å². The molecule has 2 aliphatic rings. The lowest BCUT2D eigenvalue weighted by Crippen LogP contribution is -2.59. The normalized spacial score (nSPS) is 25.0. The summed E-state index contributed by atoms with van der Waals surface area (Å²) in [6.07, 6.45) is 6.86. The van der Waals surface area contributed by atoms with Gasteiger partial charge in [-0.25, -0.2) is 15.0 Å². The molecule has 35 heavy (non-hydrogen) atoms. The summed E-state index contributed by atoms with van der Waals surface area (Å²) < 4.78 is 8.18. The third kappa shape index (κ3) is 5.39. The minimum atomic E-state index is -1.07. The predicted molar refractivity (Wildman–Crippen MR) is 129 cm³/mol. The molecule has 2 aromatic heterocycles. The van der Waals surface area contributed by atoms with Gasteiger partial charge in [0.1, 0.15) is 11.8 Å². The second-order valence-corrected chi connectivity index (χ2v) is 10.0. The van der Waals surface area contributed by atoms with Gasteiger partial charge in [-0.3, -0.25) is 9.59 Å². The molecule has 3 atom stereocenters. The van der Waals surface area contributed by atoms with Crippen LogP contribution in [0.4, 0.5) is 5.82 Å². The number of nitrogens with two attached hydrogens (primary N) is 2. The molecule has 12 nitrogen and oxygen atoms in total. The van der Waals surface area contributed by atoms with E-state index in [1.165, 1.54) is 13.3 Å². The summed E-state index contributed by atoms with van der Waals surface area (Å²) >= 11 is 0. The number of amides is 2. The SMILES string of the molecule is CC(=O)NCCCC[C@H](N)C(=O)N1CCC2(CC1)C[C@@](C)(O)[C@H](n1cnc3c(N)ncnc31)CO2. The molecule has 2 aliphatic heterocycles. The summed E-state index contributed by atoms with van der Waals surface area (Å²) in [6, 6.07) is -0.928. The van der Waals surface area contributed by atoms with E-state index in [4.69, 9.17) is 16.2 Å². The molecule has 2 amide bonds. The number of rotatable bonds is 7. The fourth-order valence-corrected chi connectivity index (χ4v) is 5.30. The van der Waals surface area contributed by atoms with Crippen LogP contribution in [0.15, 0.2) is 12.7 Å². The van der Waals surface area contributed by atoms with Crippen LogP contribution in [0.25, 0.3) is 11.2 Å². The van der Waals surface area contributed by atoms with E-state index in [0.717, 1.165) is 12.8 Å². The lowest BCUT2D eigenvalue weighted by atomic mass is 9.75. The van der Waals surface area contributed by atoms with Gasteiger partial charge in [-0.05, 0) is 39.0 Å². The molecule has 2 fully saturated rings. The average molecular weight is 489 g/mol. The molecule has 192 valence electrons. The summed E-state index contributed by atoms with van der Waals surface area (Å²) in [4.78, 5) is 38.2. The summed E-state index contributed by atoms with van der Waals surface area (Å²) in [5, 5.41) is 14.2. The van der Waals surface area contributed by atoms with Crippen molar-refractivity contribution in [1.82, 2.24) is 29.7 Å². The number of unbranched alkanes of at least 4 members (excludes halogenated alkanes) is 1. The summed E-state index contributed by atoms with van der Waals surface area (Å²) in [7, 11) is 0. The number of imidazole rings is 1. The standard InChI is InChI=1S/C23H36N8O4/c1-15(32)26-8-4-3-5-16(24)21(33)30-9-6-23(7-10-30)12-22(2,34)17(11-35-23)31-14-29-18-19(25)27-13-28-20(18)31/h13-14,16-17,34H,3-12,24H2,1-2H3,(H,26,32)(H2,25,27,28)/t16-,17+,22+/m0/s1. The molecule has 0 bridgehead atoms. The number of likely N-dealkylation sites (tertiary alicyclic amines) is 1. The zero-order valence-electron chi connectivity index (χ0n) is 20.4. The Morgan fingerprint density at radius 3 is 2.71 bits per heavy atom. The molecule has 4 heterocycles. The molecule has 6 N–H and O–H groups in total. The summed E-state index contributed by atoms with van der Waals surface area (Å²) in [6.45, 7) is 5.26. The Balaban J connectivity index is 1.32. The van der Waals surface area contributed by atoms with Crippen LogP contribution < -0.4 is 16.8 Å². The maximum absolute atomic E-state index is 12.8. The molecular formula is C23H36N8O4. The number of fused-ring (bicyclic) bond motifs is 1. The highest BCUT2D eigenvalue weighted by atomic mass is 16.5. The Kier molecular flexibility index (Phi) is 7.25. The van der Waals surface area contributed by atoms with Crippen LogP contribution in [0, 0.1) is 0 Å². The molecule has 0 unspecified atom stereocenters. The van der Waals surface area contributed by atoms with Crippen LogP contribution in [0.5, 0.6) is 0 Å². The zero-order valence-corrected chi connectivity index (χ0v) is 20.4. The van der Waals surface area contributed by atoms with Crippen LogP contribution in [0.1, 0.15) is 58.4 Å². The second-order valence-electron chi connectivity index (χ2n) is 10.0. The van der Waals surface area contributed by atoms with E-state index in [9.17, 15) is 14.7 Å². The number of piperidine rings is 1. The Morgan fingerprint density at radius 1 is 1.29 bits per heavy atom. The second kappa shape index (κ2) is 10.0. The molecule has 4 rings (SSSR count). The lowest BCUT2D eigenvalue weighted by Gasteiger charge is -2.51. The van der Waals surface area contributed by atoms with Crippen molar-refractivity contribution in [2.24, 2.45) is 5.73 Å². The molecule has 0 saturated carbocycles. The van der Waals surface area contributed by atoms with Crippen LogP contribution in [0.2, 0.25) is 0 Å². The van der Waals surface area contributed by atoms with Crippen molar-refractivity contribution in [2.75, 3.05) is 32.0 Å². The lowest BCUT2D eigenvalue weighted by molar-refractivity contribution is -0.197. The largest absolute Gasteiger partial charge is 0.388 e. The topological polar surface area (TPSA) is 175 Å². The minimum Gasteiger partial charge on any atom is -0.388 e. The Morgan fingerprint density at radius 2 is 2.03 bits per heavy atom. The van der Waals surface area contributed by atoms with Crippen molar-refractivity contribution in [3.63, 3.8) is 0 Å². The van der Waals surface area contributed by atoms with Gasteiger partial charge in [-0.15, -0.1) is 0 Å². The van der Waals surface area contributed by atoms with Crippen molar-refractivity contribution in [1.29, 1.82) is 0 Å². The number of hydrogen-bond donors (Lipinski definition) is 4. The molecule has 0 radical (unpaired) electrons. The molecule has 0 aliphatic carbocycles. The average Bonchev–Trinajstić information content (AvgIpc) is 3.23. The van der Waals surface area contributed by atoms with Crippen molar-refractivity contribution in [3.8, 4) is 0 Å². The van der Waals surface area contributed by atoms with Gasteiger partial charge >= 0.3 is 0 Å². The highest BCUT2D eigenvalue weighted by Gasteiger charge is 2.50. The fraction of sp³-hybridized carbons (Fsp3) is 0.696. The van der Waals surface area contributed by atoms with Crippen molar-refractivity contribution in [3.05, 3.63) is 12.7 Å². The van der Waals surface area contributed by atoms with Gasteiger partial charge in [-0.2, -0.15) is 0 Å². The first-order valence-corrected chi connectivity index (χ1v) is 12.2. The maximum atomic E-state index is 12.8. The molecule has 12 heteroatoms. The number of carbonyl (C=O) groups excluding carboxylic acids is 2. The first kappa shape index (κ1) is 25.3. The monoisotopic (exact) mass is 488 g/mol. The van der Waals surface area contributed by atoms with Gasteiger partial charge in [0.25, 0.3) is 0 Å². The van der Waals surface area contributed by atoms with E-state index in [1.807, 2.05) is 11.5 Å². The van der Waals surface area contributed by atoms with E-state index < -0.39 is 17.2 Å². The van der Waals surface area contributed by atoms with E-state index in [0.29, 0.717) is 68.9 Å². The Hall–Kier alpha value is -2.83.